The van der Waals surface area contributed by atoms with Gasteiger partial charge in [-0.1, -0.05) is 6.92 Å². The maximum atomic E-state index is 11.9. The summed E-state index contributed by atoms with van der Waals surface area (Å²) in [5.41, 5.74) is 0. The molecule has 17 heavy (non-hydrogen) atoms. The van der Waals surface area contributed by atoms with Crippen molar-refractivity contribution < 1.29 is 13.2 Å². The Kier molecular flexibility index (Phi) is 5.24. The molecule has 0 aromatic heterocycles. The monoisotopic (exact) mass is 277 g/mol. The minimum absolute atomic E-state index is 0.102. The van der Waals surface area contributed by atoms with E-state index in [2.05, 4.69) is 4.72 Å². The first-order chi connectivity index (χ1) is 7.99. The summed E-state index contributed by atoms with van der Waals surface area (Å²) in [5.74, 6) is 1.15. The molecule has 1 atom stereocenters. The molecule has 0 spiro atoms. The van der Waals surface area contributed by atoms with Crippen molar-refractivity contribution in [3.63, 3.8) is 0 Å². The van der Waals surface area contributed by atoms with Crippen LogP contribution in [0.4, 0.5) is 0 Å². The lowest BCUT2D eigenvalue weighted by atomic mass is 10.2. The molecular formula is C11H16ClNO3S. The molecule has 0 radical (unpaired) electrons. The summed E-state index contributed by atoms with van der Waals surface area (Å²) in [7, 11) is -1.92. The van der Waals surface area contributed by atoms with E-state index in [0.29, 0.717) is 18.2 Å². The molecule has 0 aliphatic carbocycles. The summed E-state index contributed by atoms with van der Waals surface area (Å²) in [6, 6.07) is 6.23. The minimum Gasteiger partial charge on any atom is -0.497 e. The molecule has 1 N–H and O–H groups in total. The van der Waals surface area contributed by atoms with Crippen molar-refractivity contribution in [1.82, 2.24) is 4.72 Å². The number of hydrogen-bond acceptors (Lipinski definition) is 3. The lowest BCUT2D eigenvalue weighted by Gasteiger charge is -2.10. The second kappa shape index (κ2) is 6.23. The number of nitrogens with one attached hydrogen (secondary N) is 1. The van der Waals surface area contributed by atoms with Crippen LogP contribution in [0.1, 0.15) is 6.92 Å². The molecule has 0 bridgehead atoms. The van der Waals surface area contributed by atoms with E-state index in [4.69, 9.17) is 16.3 Å². The Balaban J connectivity index is 2.75. The van der Waals surface area contributed by atoms with Crippen molar-refractivity contribution in [3.8, 4) is 5.75 Å². The van der Waals surface area contributed by atoms with Crippen LogP contribution < -0.4 is 9.46 Å². The smallest absolute Gasteiger partial charge is 0.240 e. The third-order valence-corrected chi connectivity index (χ3v) is 4.22. The molecule has 0 saturated heterocycles. The van der Waals surface area contributed by atoms with Crippen LogP contribution >= 0.6 is 11.6 Å². The van der Waals surface area contributed by atoms with Gasteiger partial charge in [0.25, 0.3) is 0 Å². The van der Waals surface area contributed by atoms with Crippen molar-refractivity contribution >= 4 is 21.6 Å². The SMILES string of the molecule is COc1ccc(S(=O)(=O)NCC(C)CCl)cc1. The highest BCUT2D eigenvalue weighted by molar-refractivity contribution is 7.89. The Hall–Kier alpha value is -0.780. The van der Waals surface area contributed by atoms with Gasteiger partial charge in [-0.15, -0.1) is 11.6 Å². The minimum atomic E-state index is -3.45. The van der Waals surface area contributed by atoms with Crippen LogP contribution in [0.15, 0.2) is 29.2 Å². The first-order valence-electron chi connectivity index (χ1n) is 5.19. The van der Waals surface area contributed by atoms with Crippen LogP contribution in [0.3, 0.4) is 0 Å². The van der Waals surface area contributed by atoms with Crippen LogP contribution in [0.25, 0.3) is 0 Å². The largest absolute Gasteiger partial charge is 0.497 e. The molecule has 1 aromatic carbocycles. The zero-order valence-corrected chi connectivity index (χ0v) is 11.4. The van der Waals surface area contributed by atoms with Crippen LogP contribution in [0.5, 0.6) is 5.75 Å². The fraction of sp³-hybridized carbons (Fsp3) is 0.455. The first kappa shape index (κ1) is 14.3. The van der Waals surface area contributed by atoms with Crippen molar-refractivity contribution in [1.29, 1.82) is 0 Å². The second-order valence-corrected chi connectivity index (χ2v) is 5.86. The lowest BCUT2D eigenvalue weighted by Crippen LogP contribution is -2.28. The molecule has 4 nitrogen and oxygen atoms in total. The average molecular weight is 278 g/mol. The Morgan fingerprint density at radius 3 is 2.41 bits per heavy atom. The molecule has 0 amide bonds. The van der Waals surface area contributed by atoms with Crippen LogP contribution in [0, 0.1) is 5.92 Å². The fourth-order valence-corrected chi connectivity index (χ4v) is 2.42. The van der Waals surface area contributed by atoms with Crippen LogP contribution in [-0.4, -0.2) is 28.0 Å². The van der Waals surface area contributed by atoms with Crippen molar-refractivity contribution in [2.45, 2.75) is 11.8 Å². The van der Waals surface area contributed by atoms with E-state index in [1.54, 1.807) is 12.1 Å². The standard InChI is InChI=1S/C11H16ClNO3S/c1-9(7-12)8-13-17(14,15)11-5-3-10(16-2)4-6-11/h3-6,9,13H,7-8H2,1-2H3. The van der Waals surface area contributed by atoms with Gasteiger partial charge in [0.15, 0.2) is 0 Å². The summed E-state index contributed by atoms with van der Waals surface area (Å²) in [6.07, 6.45) is 0. The number of sulfonamides is 1. The number of ether oxygens (including phenoxy) is 1. The number of hydrogen-bond donors (Lipinski definition) is 1. The molecule has 0 aliphatic heterocycles. The number of methoxy groups -OCH3 is 1. The molecule has 0 heterocycles. The zero-order valence-electron chi connectivity index (χ0n) is 9.81. The summed E-state index contributed by atoms with van der Waals surface area (Å²) in [5, 5.41) is 0. The van der Waals surface area contributed by atoms with E-state index in [0.717, 1.165) is 0 Å². The molecule has 1 aromatic rings. The van der Waals surface area contributed by atoms with Gasteiger partial charge < -0.3 is 4.74 Å². The topological polar surface area (TPSA) is 55.4 Å². The number of alkyl halides is 1. The number of benzene rings is 1. The molecule has 96 valence electrons. The Labute approximate surface area is 107 Å². The lowest BCUT2D eigenvalue weighted by molar-refractivity contribution is 0.414. The predicted octanol–water partition coefficient (Wildman–Crippen LogP) is 1.85. The van der Waals surface area contributed by atoms with Gasteiger partial charge in [0.1, 0.15) is 5.75 Å². The highest BCUT2D eigenvalue weighted by Crippen LogP contribution is 2.15. The van der Waals surface area contributed by atoms with Crippen molar-refractivity contribution in [2.75, 3.05) is 19.5 Å². The van der Waals surface area contributed by atoms with Crippen LogP contribution in [0.2, 0.25) is 0 Å². The van der Waals surface area contributed by atoms with Gasteiger partial charge in [-0.2, -0.15) is 0 Å². The van der Waals surface area contributed by atoms with Crippen molar-refractivity contribution in [2.24, 2.45) is 5.92 Å². The van der Waals surface area contributed by atoms with Crippen LogP contribution in [-0.2, 0) is 10.0 Å². The molecule has 0 aliphatic rings. The van der Waals surface area contributed by atoms with E-state index < -0.39 is 10.0 Å². The number of halogens is 1. The quantitative estimate of drug-likeness (QED) is 0.808. The van der Waals surface area contributed by atoms with Crippen molar-refractivity contribution in [3.05, 3.63) is 24.3 Å². The maximum Gasteiger partial charge on any atom is 0.240 e. The van der Waals surface area contributed by atoms with E-state index >= 15 is 0 Å². The maximum absolute atomic E-state index is 11.9. The highest BCUT2D eigenvalue weighted by Gasteiger charge is 2.14. The van der Waals surface area contributed by atoms with Gasteiger partial charge in [0.2, 0.25) is 10.0 Å². The normalized spacial score (nSPS) is 13.4. The van der Waals surface area contributed by atoms with Gasteiger partial charge in [0.05, 0.1) is 12.0 Å². The van der Waals surface area contributed by atoms with E-state index in [1.165, 1.54) is 19.2 Å². The molecule has 6 heteroatoms. The summed E-state index contributed by atoms with van der Waals surface area (Å²) in [4.78, 5) is 0.222. The molecule has 1 rings (SSSR count). The van der Waals surface area contributed by atoms with Gasteiger partial charge in [-0.05, 0) is 30.2 Å². The third-order valence-electron chi connectivity index (χ3n) is 2.25. The Morgan fingerprint density at radius 1 is 1.35 bits per heavy atom. The number of rotatable bonds is 6. The fourth-order valence-electron chi connectivity index (χ4n) is 1.14. The highest BCUT2D eigenvalue weighted by atomic mass is 35.5. The first-order valence-corrected chi connectivity index (χ1v) is 7.21. The van der Waals surface area contributed by atoms with E-state index in [-0.39, 0.29) is 10.8 Å². The summed E-state index contributed by atoms with van der Waals surface area (Å²) < 4.78 is 31.2. The summed E-state index contributed by atoms with van der Waals surface area (Å²) >= 11 is 5.62. The Morgan fingerprint density at radius 2 is 1.94 bits per heavy atom. The zero-order chi connectivity index (χ0) is 12.9. The summed E-state index contributed by atoms with van der Waals surface area (Å²) in [6.45, 7) is 2.21. The van der Waals surface area contributed by atoms with Gasteiger partial charge in [0, 0.05) is 12.4 Å². The average Bonchev–Trinajstić information content (AvgIpc) is 2.36. The Bertz CT molecular complexity index is 444. The molecular weight excluding hydrogens is 262 g/mol. The van der Waals surface area contributed by atoms with Gasteiger partial charge >= 0.3 is 0 Å². The van der Waals surface area contributed by atoms with E-state index in [9.17, 15) is 8.42 Å². The van der Waals surface area contributed by atoms with E-state index in [1.807, 2.05) is 6.92 Å². The van der Waals surface area contributed by atoms with Gasteiger partial charge in [-0.3, -0.25) is 0 Å². The molecule has 0 saturated carbocycles. The van der Waals surface area contributed by atoms with Gasteiger partial charge in [-0.25, -0.2) is 13.1 Å². The predicted molar refractivity (Wildman–Crippen MR) is 68.1 cm³/mol. The third kappa shape index (κ3) is 4.18. The molecule has 0 fully saturated rings. The molecule has 1 unspecified atom stereocenters. The second-order valence-electron chi connectivity index (χ2n) is 3.79.